The maximum atomic E-state index is 4.69. The average Bonchev–Trinajstić information content (AvgIpc) is 3.45. The highest BCUT2D eigenvalue weighted by molar-refractivity contribution is 5.96. The predicted molar refractivity (Wildman–Crippen MR) is 139 cm³/mol. The molecular weight excluding hydrogens is 416 g/mol. The Morgan fingerprint density at radius 2 is 0.853 bits per heavy atom. The van der Waals surface area contributed by atoms with E-state index in [1.54, 1.807) is 0 Å². The number of hydrogen-bond acceptors (Lipinski definition) is 2. The van der Waals surface area contributed by atoms with Gasteiger partial charge in [-0.15, -0.1) is 0 Å². The van der Waals surface area contributed by atoms with Crippen LogP contribution >= 0.6 is 0 Å². The Balaban J connectivity index is 1.27. The van der Waals surface area contributed by atoms with Gasteiger partial charge in [-0.05, 0) is 56.9 Å². The van der Waals surface area contributed by atoms with E-state index in [2.05, 4.69) is 116 Å². The summed E-state index contributed by atoms with van der Waals surface area (Å²) in [7, 11) is 0. The van der Waals surface area contributed by atoms with Crippen molar-refractivity contribution in [2.45, 2.75) is 13.1 Å². The Kier molecular flexibility index (Phi) is 4.24. The molecule has 0 spiro atoms. The summed E-state index contributed by atoms with van der Waals surface area (Å²) in [6, 6.07) is 34.4. The molecule has 0 amide bonds. The molecule has 7 aromatic rings. The number of hydrogen-bond donors (Lipinski definition) is 0. The third-order valence-corrected chi connectivity index (χ3v) is 6.78. The van der Waals surface area contributed by atoms with E-state index in [4.69, 9.17) is 0 Å². The van der Waals surface area contributed by atoms with Crippen molar-refractivity contribution in [1.82, 2.24) is 19.1 Å². The summed E-state index contributed by atoms with van der Waals surface area (Å²) in [5, 5.41) is 4.92. The number of fused-ring (bicyclic) bond motifs is 4. The highest BCUT2D eigenvalue weighted by atomic mass is 15.1. The SMILES string of the molecule is c1ccc(Cn2cnc3cc4ccccc4cc32)c(Cn2cnc3cc4ccccc4cc32)c1. The van der Waals surface area contributed by atoms with E-state index in [0.29, 0.717) is 0 Å². The molecule has 0 radical (unpaired) electrons. The Bertz CT molecular complexity index is 1690. The molecule has 0 saturated heterocycles. The minimum Gasteiger partial charge on any atom is -0.326 e. The summed E-state index contributed by atoms with van der Waals surface area (Å²) < 4.78 is 4.50. The Morgan fingerprint density at radius 1 is 0.471 bits per heavy atom. The van der Waals surface area contributed by atoms with Gasteiger partial charge in [0.25, 0.3) is 0 Å². The molecule has 0 unspecified atom stereocenters. The van der Waals surface area contributed by atoms with Crippen molar-refractivity contribution in [1.29, 1.82) is 0 Å². The van der Waals surface area contributed by atoms with Crippen molar-refractivity contribution in [2.24, 2.45) is 0 Å². The second-order valence-electron chi connectivity index (χ2n) is 8.89. The second-order valence-corrected chi connectivity index (χ2v) is 8.89. The highest BCUT2D eigenvalue weighted by Crippen LogP contribution is 2.25. The van der Waals surface area contributed by atoms with Gasteiger partial charge in [0.1, 0.15) is 0 Å². The third kappa shape index (κ3) is 3.15. The molecule has 0 fully saturated rings. The summed E-state index contributed by atoms with van der Waals surface area (Å²) >= 11 is 0. The largest absolute Gasteiger partial charge is 0.326 e. The van der Waals surface area contributed by atoms with E-state index in [9.17, 15) is 0 Å². The van der Waals surface area contributed by atoms with Crippen LogP contribution in [0.3, 0.4) is 0 Å². The van der Waals surface area contributed by atoms with Crippen LogP contribution in [0.15, 0.2) is 110 Å². The Morgan fingerprint density at radius 3 is 1.29 bits per heavy atom. The third-order valence-electron chi connectivity index (χ3n) is 6.78. The molecule has 0 aliphatic rings. The van der Waals surface area contributed by atoms with Crippen molar-refractivity contribution in [3.8, 4) is 0 Å². The molecule has 7 rings (SSSR count). The topological polar surface area (TPSA) is 35.6 Å². The van der Waals surface area contributed by atoms with Crippen LogP contribution < -0.4 is 0 Å². The van der Waals surface area contributed by atoms with Gasteiger partial charge in [0, 0.05) is 13.1 Å². The Hall–Kier alpha value is -4.44. The standard InChI is InChI=1S/C30H22N4/c1-3-9-23-15-29-27(13-21(23)7-1)31-19-33(29)17-25-11-5-6-12-26(25)18-34-20-32-28-14-22-8-2-4-10-24(22)16-30(28)34/h1-16,19-20H,17-18H2. The normalized spacial score (nSPS) is 11.8. The number of benzene rings is 5. The van der Waals surface area contributed by atoms with Crippen molar-refractivity contribution < 1.29 is 0 Å². The summed E-state index contributed by atoms with van der Waals surface area (Å²) in [5.41, 5.74) is 6.96. The zero-order chi connectivity index (χ0) is 22.5. The van der Waals surface area contributed by atoms with Gasteiger partial charge in [0.05, 0.1) is 34.7 Å². The fourth-order valence-electron chi connectivity index (χ4n) is 4.97. The lowest BCUT2D eigenvalue weighted by Crippen LogP contribution is -2.06. The fraction of sp³-hybridized carbons (Fsp3) is 0.0667. The molecule has 162 valence electrons. The number of rotatable bonds is 4. The molecule has 0 aliphatic heterocycles. The second kappa shape index (κ2) is 7.56. The van der Waals surface area contributed by atoms with Crippen molar-refractivity contribution >= 4 is 43.6 Å². The first-order valence-electron chi connectivity index (χ1n) is 11.6. The highest BCUT2D eigenvalue weighted by Gasteiger charge is 2.11. The van der Waals surface area contributed by atoms with Gasteiger partial charge in [-0.3, -0.25) is 0 Å². The van der Waals surface area contributed by atoms with Crippen molar-refractivity contribution in [3.05, 3.63) is 121 Å². The molecule has 0 atom stereocenters. The lowest BCUT2D eigenvalue weighted by Gasteiger charge is -2.13. The number of nitrogens with zero attached hydrogens (tertiary/aromatic N) is 4. The van der Waals surface area contributed by atoms with Gasteiger partial charge in [-0.25, -0.2) is 9.97 Å². The molecule has 4 nitrogen and oxygen atoms in total. The minimum absolute atomic E-state index is 0.778. The van der Waals surface area contributed by atoms with Crippen LogP contribution in [0.5, 0.6) is 0 Å². The predicted octanol–water partition coefficient (Wildman–Crippen LogP) is 6.79. The van der Waals surface area contributed by atoms with Crippen LogP contribution in [0.1, 0.15) is 11.1 Å². The van der Waals surface area contributed by atoms with E-state index in [0.717, 1.165) is 35.2 Å². The van der Waals surface area contributed by atoms with Gasteiger partial charge >= 0.3 is 0 Å². The molecule has 5 aromatic carbocycles. The van der Waals surface area contributed by atoms with Gasteiger partial charge in [0.15, 0.2) is 0 Å². The monoisotopic (exact) mass is 438 g/mol. The molecule has 0 N–H and O–H groups in total. The first-order chi connectivity index (χ1) is 16.8. The van der Waals surface area contributed by atoms with Crippen LogP contribution in [0.2, 0.25) is 0 Å². The molecule has 4 heteroatoms. The minimum atomic E-state index is 0.778. The molecule has 2 aromatic heterocycles. The number of imidazole rings is 2. The van der Waals surface area contributed by atoms with E-state index < -0.39 is 0 Å². The summed E-state index contributed by atoms with van der Waals surface area (Å²) in [5.74, 6) is 0. The van der Waals surface area contributed by atoms with E-state index in [1.807, 2.05) is 12.7 Å². The fourth-order valence-corrected chi connectivity index (χ4v) is 4.97. The van der Waals surface area contributed by atoms with E-state index >= 15 is 0 Å². The van der Waals surface area contributed by atoms with Crippen LogP contribution in [0.25, 0.3) is 43.6 Å². The first-order valence-corrected chi connectivity index (χ1v) is 11.6. The van der Waals surface area contributed by atoms with Crippen LogP contribution in [-0.2, 0) is 13.1 Å². The summed E-state index contributed by atoms with van der Waals surface area (Å²) in [4.78, 5) is 9.38. The molecule has 0 bridgehead atoms. The van der Waals surface area contributed by atoms with Crippen molar-refractivity contribution in [2.75, 3.05) is 0 Å². The molecular formula is C30H22N4. The van der Waals surface area contributed by atoms with Gasteiger partial charge in [-0.2, -0.15) is 0 Å². The van der Waals surface area contributed by atoms with Crippen LogP contribution in [-0.4, -0.2) is 19.1 Å². The van der Waals surface area contributed by atoms with E-state index in [1.165, 1.54) is 32.7 Å². The summed E-state index contributed by atoms with van der Waals surface area (Å²) in [6.45, 7) is 1.56. The molecule has 0 saturated carbocycles. The lowest BCUT2D eigenvalue weighted by molar-refractivity contribution is 0.773. The van der Waals surface area contributed by atoms with Gasteiger partial charge in [0.2, 0.25) is 0 Å². The Labute approximate surface area is 196 Å². The van der Waals surface area contributed by atoms with Gasteiger partial charge in [-0.1, -0.05) is 72.8 Å². The lowest BCUT2D eigenvalue weighted by atomic mass is 10.1. The van der Waals surface area contributed by atoms with Crippen LogP contribution in [0.4, 0.5) is 0 Å². The van der Waals surface area contributed by atoms with Gasteiger partial charge < -0.3 is 9.13 Å². The number of aromatic nitrogens is 4. The zero-order valence-corrected chi connectivity index (χ0v) is 18.6. The smallest absolute Gasteiger partial charge is 0.0961 e. The maximum absolute atomic E-state index is 4.69. The maximum Gasteiger partial charge on any atom is 0.0961 e. The average molecular weight is 439 g/mol. The molecule has 0 aliphatic carbocycles. The molecule has 34 heavy (non-hydrogen) atoms. The zero-order valence-electron chi connectivity index (χ0n) is 18.6. The van der Waals surface area contributed by atoms with Crippen LogP contribution in [0, 0.1) is 0 Å². The summed E-state index contributed by atoms with van der Waals surface area (Å²) in [6.07, 6.45) is 3.91. The van der Waals surface area contributed by atoms with E-state index in [-0.39, 0.29) is 0 Å². The quantitative estimate of drug-likeness (QED) is 0.303. The first kappa shape index (κ1) is 19.1. The molecule has 2 heterocycles. The van der Waals surface area contributed by atoms with Crippen molar-refractivity contribution in [3.63, 3.8) is 0 Å².